The Morgan fingerprint density at radius 3 is 1.87 bits per heavy atom. The van der Waals surface area contributed by atoms with Gasteiger partial charge in [0.05, 0.1) is 19.8 Å². The van der Waals surface area contributed by atoms with Crippen molar-refractivity contribution in [1.82, 2.24) is 0 Å². The summed E-state index contributed by atoms with van der Waals surface area (Å²) in [4.78, 5) is 36.9. The van der Waals surface area contributed by atoms with Crippen molar-refractivity contribution < 1.29 is 28.6 Å². The molecule has 0 spiro atoms. The zero-order valence-corrected chi connectivity index (χ0v) is 14.2. The van der Waals surface area contributed by atoms with Gasteiger partial charge in [-0.15, -0.1) is 0 Å². The fraction of sp³-hybridized carbons (Fsp3) is 0.471. The molecule has 1 heterocycles. The van der Waals surface area contributed by atoms with Gasteiger partial charge < -0.3 is 14.2 Å². The summed E-state index contributed by atoms with van der Waals surface area (Å²) in [5.41, 5.74) is 2.59. The molecule has 1 aliphatic rings. The van der Waals surface area contributed by atoms with Crippen molar-refractivity contribution in [2.45, 2.75) is 39.7 Å². The summed E-state index contributed by atoms with van der Waals surface area (Å²) in [6, 6.07) is 0. The van der Waals surface area contributed by atoms with Crippen LogP contribution < -0.4 is 0 Å². The van der Waals surface area contributed by atoms with Gasteiger partial charge in [0, 0.05) is 6.42 Å². The second-order valence-corrected chi connectivity index (χ2v) is 5.73. The minimum absolute atomic E-state index is 0.0960. The van der Waals surface area contributed by atoms with E-state index in [-0.39, 0.29) is 6.42 Å². The van der Waals surface area contributed by atoms with Crippen LogP contribution in [0, 0.1) is 27.7 Å². The van der Waals surface area contributed by atoms with Crippen molar-refractivity contribution in [2.24, 2.45) is 0 Å². The molecule has 0 bridgehead atoms. The maximum atomic E-state index is 12.5. The standard InChI is InChI=1S/C17H20O6/c1-8-9(2)11(4)13-12(10(8)3)7-17(15(19)21-5,16(20)22-6)23-14(13)18/h7H2,1-6H3. The highest BCUT2D eigenvalue weighted by atomic mass is 16.6. The van der Waals surface area contributed by atoms with Crippen molar-refractivity contribution >= 4 is 17.9 Å². The Morgan fingerprint density at radius 1 is 0.913 bits per heavy atom. The number of fused-ring (bicyclic) bond motifs is 1. The molecule has 0 radical (unpaired) electrons. The smallest absolute Gasteiger partial charge is 0.362 e. The SMILES string of the molecule is COC(=O)C1(C(=O)OC)Cc2c(C)c(C)c(C)c(C)c2C(=O)O1. The minimum Gasteiger partial charge on any atom is -0.466 e. The van der Waals surface area contributed by atoms with Crippen LogP contribution in [0.3, 0.4) is 0 Å². The molecule has 0 saturated heterocycles. The Morgan fingerprint density at radius 2 is 1.39 bits per heavy atom. The van der Waals surface area contributed by atoms with Crippen molar-refractivity contribution in [3.63, 3.8) is 0 Å². The predicted molar refractivity (Wildman–Crippen MR) is 81.3 cm³/mol. The Bertz CT molecular complexity index is 701. The number of esters is 3. The second kappa shape index (κ2) is 5.68. The Labute approximate surface area is 134 Å². The third kappa shape index (κ3) is 2.29. The minimum atomic E-state index is -2.09. The topological polar surface area (TPSA) is 78.9 Å². The van der Waals surface area contributed by atoms with E-state index >= 15 is 0 Å². The number of benzene rings is 1. The first-order chi connectivity index (χ1) is 10.7. The second-order valence-electron chi connectivity index (χ2n) is 5.73. The fourth-order valence-corrected chi connectivity index (χ4v) is 3.02. The number of hydrogen-bond donors (Lipinski definition) is 0. The Hall–Kier alpha value is -2.37. The first kappa shape index (κ1) is 17.0. The molecule has 0 amide bonds. The van der Waals surface area contributed by atoms with Gasteiger partial charge in [0.25, 0.3) is 0 Å². The van der Waals surface area contributed by atoms with Crippen molar-refractivity contribution in [1.29, 1.82) is 0 Å². The van der Waals surface area contributed by atoms with E-state index < -0.39 is 23.5 Å². The van der Waals surface area contributed by atoms with E-state index in [9.17, 15) is 14.4 Å². The van der Waals surface area contributed by atoms with Crippen LogP contribution in [0.2, 0.25) is 0 Å². The molecule has 2 rings (SSSR count). The lowest BCUT2D eigenvalue weighted by Crippen LogP contribution is -2.56. The van der Waals surface area contributed by atoms with Crippen LogP contribution in [-0.2, 0) is 30.2 Å². The zero-order valence-electron chi connectivity index (χ0n) is 14.2. The molecule has 0 N–H and O–H groups in total. The number of carbonyl (C=O) groups is 3. The van der Waals surface area contributed by atoms with Gasteiger partial charge in [-0.2, -0.15) is 0 Å². The van der Waals surface area contributed by atoms with Crippen LogP contribution in [0.4, 0.5) is 0 Å². The summed E-state index contributed by atoms with van der Waals surface area (Å²) in [6.07, 6.45) is -0.0960. The lowest BCUT2D eigenvalue weighted by Gasteiger charge is -2.34. The molecule has 1 aromatic carbocycles. The van der Waals surface area contributed by atoms with E-state index in [4.69, 9.17) is 4.74 Å². The molecule has 0 fully saturated rings. The summed E-state index contributed by atoms with van der Waals surface area (Å²) in [5, 5.41) is 0. The monoisotopic (exact) mass is 320 g/mol. The molecule has 0 unspecified atom stereocenters. The van der Waals surface area contributed by atoms with Crippen molar-refractivity contribution in [2.75, 3.05) is 14.2 Å². The molecule has 6 heteroatoms. The number of carbonyl (C=O) groups excluding carboxylic acids is 3. The van der Waals surface area contributed by atoms with Crippen LogP contribution in [0.5, 0.6) is 0 Å². The number of ether oxygens (including phenoxy) is 3. The highest BCUT2D eigenvalue weighted by Gasteiger charge is 2.56. The fourth-order valence-electron chi connectivity index (χ4n) is 3.02. The number of rotatable bonds is 2. The van der Waals surface area contributed by atoms with Crippen LogP contribution in [0.15, 0.2) is 0 Å². The van der Waals surface area contributed by atoms with E-state index in [0.717, 1.165) is 36.5 Å². The molecular weight excluding hydrogens is 300 g/mol. The normalized spacial score (nSPS) is 15.5. The molecule has 6 nitrogen and oxygen atoms in total. The maximum Gasteiger partial charge on any atom is 0.362 e. The first-order valence-electron chi connectivity index (χ1n) is 7.20. The van der Waals surface area contributed by atoms with Crippen LogP contribution in [0.1, 0.15) is 38.2 Å². The highest BCUT2D eigenvalue weighted by Crippen LogP contribution is 2.36. The number of cyclic esters (lactones) is 1. The third-order valence-electron chi connectivity index (χ3n) is 4.74. The number of methoxy groups -OCH3 is 2. The number of hydrogen-bond acceptors (Lipinski definition) is 6. The molecule has 23 heavy (non-hydrogen) atoms. The predicted octanol–water partition coefficient (Wildman–Crippen LogP) is 1.72. The zero-order chi connectivity index (χ0) is 17.5. The average molecular weight is 320 g/mol. The van der Waals surface area contributed by atoms with E-state index in [1.54, 1.807) is 0 Å². The van der Waals surface area contributed by atoms with Crippen molar-refractivity contribution in [3.05, 3.63) is 33.4 Å². The lowest BCUT2D eigenvalue weighted by atomic mass is 9.81. The molecule has 124 valence electrons. The maximum absolute atomic E-state index is 12.5. The molecular formula is C17H20O6. The van der Waals surface area contributed by atoms with Gasteiger partial charge in [0.15, 0.2) is 0 Å². The lowest BCUT2D eigenvalue weighted by molar-refractivity contribution is -0.181. The summed E-state index contributed by atoms with van der Waals surface area (Å²) >= 11 is 0. The van der Waals surface area contributed by atoms with Gasteiger partial charge in [0.2, 0.25) is 0 Å². The average Bonchev–Trinajstić information content (AvgIpc) is 2.55. The van der Waals surface area contributed by atoms with E-state index in [2.05, 4.69) is 9.47 Å². The largest absolute Gasteiger partial charge is 0.466 e. The van der Waals surface area contributed by atoms with Gasteiger partial charge in [-0.25, -0.2) is 14.4 Å². The van der Waals surface area contributed by atoms with Crippen LogP contribution in [0.25, 0.3) is 0 Å². The Kier molecular flexibility index (Phi) is 4.20. The van der Waals surface area contributed by atoms with Crippen LogP contribution in [-0.4, -0.2) is 37.7 Å². The Balaban J connectivity index is 2.75. The first-order valence-corrected chi connectivity index (χ1v) is 7.20. The molecule has 0 aliphatic carbocycles. The molecule has 0 aromatic heterocycles. The van der Waals surface area contributed by atoms with E-state index in [0.29, 0.717) is 11.1 Å². The summed E-state index contributed by atoms with van der Waals surface area (Å²) in [7, 11) is 2.27. The van der Waals surface area contributed by atoms with E-state index in [1.165, 1.54) is 0 Å². The van der Waals surface area contributed by atoms with Gasteiger partial charge in [-0.1, -0.05) is 0 Å². The van der Waals surface area contributed by atoms with Gasteiger partial charge >= 0.3 is 23.5 Å². The van der Waals surface area contributed by atoms with Crippen molar-refractivity contribution in [3.8, 4) is 0 Å². The molecule has 0 atom stereocenters. The van der Waals surface area contributed by atoms with Gasteiger partial charge in [-0.05, 0) is 55.5 Å². The summed E-state index contributed by atoms with van der Waals surface area (Å²) in [5.74, 6) is -2.61. The molecule has 1 aromatic rings. The highest BCUT2D eigenvalue weighted by molar-refractivity contribution is 6.09. The van der Waals surface area contributed by atoms with Gasteiger partial charge in [0.1, 0.15) is 0 Å². The van der Waals surface area contributed by atoms with Gasteiger partial charge in [-0.3, -0.25) is 0 Å². The molecule has 0 saturated carbocycles. The summed E-state index contributed by atoms with van der Waals surface area (Å²) < 4.78 is 14.6. The quantitative estimate of drug-likeness (QED) is 0.469. The third-order valence-corrected chi connectivity index (χ3v) is 4.74. The van der Waals surface area contributed by atoms with Crippen LogP contribution >= 0.6 is 0 Å². The van der Waals surface area contributed by atoms with E-state index in [1.807, 2.05) is 27.7 Å². The summed E-state index contributed by atoms with van der Waals surface area (Å²) in [6.45, 7) is 7.55. The molecule has 1 aliphatic heterocycles.